The van der Waals surface area contributed by atoms with E-state index in [1.54, 1.807) is 21.3 Å². The second kappa shape index (κ2) is 21.9. The molecule has 0 amide bonds. The smallest absolute Gasteiger partial charge is 0.497 e. The summed E-state index contributed by atoms with van der Waals surface area (Å²) in [6, 6.07) is 41.7. The van der Waals surface area contributed by atoms with Crippen molar-refractivity contribution in [1.82, 2.24) is 5.32 Å². The minimum Gasteiger partial charge on any atom is -0.497 e. The molecule has 0 atom stereocenters. The third-order valence-corrected chi connectivity index (χ3v) is 13.9. The number of methoxy groups -OCH3 is 3. The Morgan fingerprint density at radius 1 is 0.583 bits per heavy atom. The fraction of sp³-hybridized carbons (Fsp3) is 0.211. The number of hydrogen-bond donors (Lipinski definition) is 1. The normalized spacial score (nSPS) is 10.6. The average Bonchev–Trinajstić information content (AvgIpc) is 3.13. The van der Waals surface area contributed by atoms with Gasteiger partial charge in [-0.1, -0.05) is 108 Å². The van der Waals surface area contributed by atoms with Gasteiger partial charge in [-0.15, -0.1) is 0 Å². The molecule has 0 saturated heterocycles. The molecule has 10 heteroatoms. The molecule has 0 unspecified atom stereocenters. The van der Waals surface area contributed by atoms with Crippen LogP contribution in [0.1, 0.15) is 0 Å². The van der Waals surface area contributed by atoms with Crippen LogP contribution in [0.3, 0.4) is 0 Å². The van der Waals surface area contributed by atoms with Crippen LogP contribution >= 0.6 is 50.8 Å². The Balaban J connectivity index is 0.000000266. The number of hydrogen-bond acceptors (Lipinski definition) is 5. The van der Waals surface area contributed by atoms with Crippen LogP contribution in [0, 0.1) is 0 Å². The van der Waals surface area contributed by atoms with Crippen molar-refractivity contribution in [3.8, 4) is 17.2 Å². The Morgan fingerprint density at radius 2 is 1.08 bits per heavy atom. The maximum absolute atomic E-state index is 6.64. The largest absolute Gasteiger partial charge is 2.00 e. The number of ether oxygens (including phenoxy) is 3. The molecule has 0 aromatic heterocycles. The molecule has 0 fully saturated rings. The van der Waals surface area contributed by atoms with Gasteiger partial charge in [-0.05, 0) is 92.4 Å². The third-order valence-electron chi connectivity index (χ3n) is 7.28. The first-order valence-electron chi connectivity index (χ1n) is 15.2. The molecule has 5 rings (SSSR count). The zero-order valence-corrected chi connectivity index (χ0v) is 33.4. The standard InChI is InChI=1S/C21H19Cl2O3P.C17H22NPS.Ru/c1-24-14-4-8-16(9-5-14)27(17-10-6-15(25-2)7-11-17)19-13-12-18(26-3)20(22)21(19)23;1-20-15-13-18-12-14-19(16-8-4-2-5-9-16)17-10-6-3-7-11-17;/h4-13H,1-3H3;2-11,18H,12-15H2,1H3;/q;;+2. The Morgan fingerprint density at radius 3 is 1.52 bits per heavy atom. The van der Waals surface area contributed by atoms with Crippen molar-refractivity contribution in [2.45, 2.75) is 0 Å². The summed E-state index contributed by atoms with van der Waals surface area (Å²) in [5.74, 6) is 3.36. The van der Waals surface area contributed by atoms with Gasteiger partial charge in [-0.3, -0.25) is 0 Å². The van der Waals surface area contributed by atoms with E-state index >= 15 is 0 Å². The summed E-state index contributed by atoms with van der Waals surface area (Å²) < 4.78 is 15.9. The van der Waals surface area contributed by atoms with Crippen molar-refractivity contribution < 1.29 is 33.7 Å². The third kappa shape index (κ3) is 11.5. The average molecular weight is 826 g/mol. The monoisotopic (exact) mass is 825 g/mol. The van der Waals surface area contributed by atoms with Crippen LogP contribution in [0.4, 0.5) is 0 Å². The van der Waals surface area contributed by atoms with Crippen molar-refractivity contribution in [1.29, 1.82) is 0 Å². The van der Waals surface area contributed by atoms with Gasteiger partial charge in [0.25, 0.3) is 0 Å². The van der Waals surface area contributed by atoms with Gasteiger partial charge in [0.15, 0.2) is 0 Å². The van der Waals surface area contributed by atoms with Crippen LogP contribution < -0.4 is 46.1 Å². The molecule has 0 aliphatic heterocycles. The van der Waals surface area contributed by atoms with E-state index in [1.165, 1.54) is 22.5 Å². The molecule has 48 heavy (non-hydrogen) atoms. The minimum atomic E-state index is -0.918. The molecule has 252 valence electrons. The van der Waals surface area contributed by atoms with E-state index in [-0.39, 0.29) is 27.4 Å². The van der Waals surface area contributed by atoms with Gasteiger partial charge in [0.05, 0.1) is 26.4 Å². The van der Waals surface area contributed by atoms with Crippen LogP contribution in [0.25, 0.3) is 0 Å². The summed E-state index contributed by atoms with van der Waals surface area (Å²) in [5.41, 5.74) is 0. The van der Waals surface area contributed by atoms with Crippen molar-refractivity contribution in [3.63, 3.8) is 0 Å². The maximum atomic E-state index is 6.64. The van der Waals surface area contributed by atoms with Gasteiger partial charge in [-0.25, -0.2) is 0 Å². The molecule has 5 aromatic rings. The van der Waals surface area contributed by atoms with Gasteiger partial charge in [0.1, 0.15) is 22.3 Å². The molecule has 0 radical (unpaired) electrons. The predicted octanol–water partition coefficient (Wildman–Crippen LogP) is 7.85. The van der Waals surface area contributed by atoms with E-state index in [0.29, 0.717) is 15.8 Å². The van der Waals surface area contributed by atoms with E-state index in [1.807, 2.05) is 48.2 Å². The van der Waals surface area contributed by atoms with Crippen LogP contribution in [0.5, 0.6) is 17.2 Å². The second-order valence-corrected chi connectivity index (χ2v) is 16.5. The van der Waals surface area contributed by atoms with E-state index in [2.05, 4.69) is 96.5 Å². The molecular formula is C38H41Cl2NO3P2RuS+2. The second-order valence-electron chi connectivity index (χ2n) is 10.2. The summed E-state index contributed by atoms with van der Waals surface area (Å²) in [7, 11) is 3.73. The molecule has 0 spiro atoms. The predicted molar refractivity (Wildman–Crippen MR) is 210 cm³/mol. The number of halogens is 2. The molecule has 5 aromatic carbocycles. The zero-order chi connectivity index (χ0) is 33.4. The molecule has 0 bridgehead atoms. The molecule has 4 nitrogen and oxygen atoms in total. The van der Waals surface area contributed by atoms with Crippen molar-refractivity contribution >= 4 is 77.3 Å². The summed E-state index contributed by atoms with van der Waals surface area (Å²) in [6.07, 6.45) is 3.36. The van der Waals surface area contributed by atoms with Gasteiger partial charge >= 0.3 is 19.5 Å². The Bertz CT molecular complexity index is 1550. The molecule has 0 heterocycles. The summed E-state index contributed by atoms with van der Waals surface area (Å²) in [4.78, 5) is 0. The van der Waals surface area contributed by atoms with Gasteiger partial charge in [0.2, 0.25) is 0 Å². The molecule has 0 saturated carbocycles. The van der Waals surface area contributed by atoms with Crippen LogP contribution in [-0.2, 0) is 19.5 Å². The van der Waals surface area contributed by atoms with Crippen LogP contribution in [-0.4, -0.2) is 52.6 Å². The summed E-state index contributed by atoms with van der Waals surface area (Å²) in [5, 5.41) is 10.7. The Kier molecular flexibility index (Phi) is 18.3. The number of benzene rings is 5. The Labute approximate surface area is 315 Å². The Hall–Kier alpha value is -2.13. The first kappa shape index (κ1) is 40.3. The SMILES string of the molecule is COc1ccc(P(c2ccc(OC)cc2)c2ccc(OC)c(Cl)c2Cl)cc1.CSCCNCCP(c1ccccc1)c1ccccc1.[Ru+2]. The van der Waals surface area contributed by atoms with Gasteiger partial charge in [0, 0.05) is 17.6 Å². The molecule has 0 aliphatic rings. The molecule has 0 aliphatic carbocycles. The summed E-state index contributed by atoms with van der Waals surface area (Å²) in [6.45, 7) is 2.20. The maximum Gasteiger partial charge on any atom is 2.00 e. The van der Waals surface area contributed by atoms with Gasteiger partial charge in [-0.2, -0.15) is 11.8 Å². The molecule has 1 N–H and O–H groups in total. The van der Waals surface area contributed by atoms with E-state index in [9.17, 15) is 0 Å². The van der Waals surface area contributed by atoms with Crippen LogP contribution in [0.2, 0.25) is 10.0 Å². The zero-order valence-electron chi connectivity index (χ0n) is 27.5. The number of thioether (sulfide) groups is 1. The van der Waals surface area contributed by atoms with E-state index < -0.39 is 7.92 Å². The fourth-order valence-electron chi connectivity index (χ4n) is 4.85. The van der Waals surface area contributed by atoms with Crippen molar-refractivity contribution in [2.24, 2.45) is 0 Å². The topological polar surface area (TPSA) is 39.7 Å². The molecular weight excluding hydrogens is 784 g/mol. The minimum absolute atomic E-state index is 0. The van der Waals surface area contributed by atoms with E-state index in [0.717, 1.165) is 40.5 Å². The van der Waals surface area contributed by atoms with E-state index in [4.69, 9.17) is 37.4 Å². The quantitative estimate of drug-likeness (QED) is 0.0703. The first-order valence-corrected chi connectivity index (χ1v) is 20.2. The van der Waals surface area contributed by atoms with Crippen molar-refractivity contribution in [2.75, 3.05) is 52.6 Å². The number of rotatable bonds is 14. The summed E-state index contributed by atoms with van der Waals surface area (Å²) >= 11 is 15.0. The number of nitrogens with one attached hydrogen (secondary N) is 1. The van der Waals surface area contributed by atoms with Crippen LogP contribution in [0.15, 0.2) is 121 Å². The van der Waals surface area contributed by atoms with Crippen molar-refractivity contribution in [3.05, 3.63) is 131 Å². The first-order chi connectivity index (χ1) is 23.0. The fourth-order valence-corrected chi connectivity index (χ4v) is 10.5. The van der Waals surface area contributed by atoms with Gasteiger partial charge < -0.3 is 19.5 Å².